The van der Waals surface area contributed by atoms with E-state index >= 15 is 0 Å². The molecule has 1 fully saturated rings. The van der Waals surface area contributed by atoms with Gasteiger partial charge >= 0.3 is 0 Å². The van der Waals surface area contributed by atoms with Gasteiger partial charge in [-0.05, 0) is 24.7 Å². The zero-order chi connectivity index (χ0) is 14.2. The van der Waals surface area contributed by atoms with E-state index in [1.54, 1.807) is 0 Å². The van der Waals surface area contributed by atoms with Gasteiger partial charge in [0.2, 0.25) is 0 Å². The van der Waals surface area contributed by atoms with Crippen molar-refractivity contribution in [1.29, 1.82) is 0 Å². The summed E-state index contributed by atoms with van der Waals surface area (Å²) in [5.41, 5.74) is 6.47. The second-order valence-corrected chi connectivity index (χ2v) is 6.99. The molecule has 4 nitrogen and oxygen atoms in total. The zero-order valence-corrected chi connectivity index (χ0v) is 12.9. The molecule has 2 atom stereocenters. The Morgan fingerprint density at radius 1 is 1.45 bits per heavy atom. The fourth-order valence-electron chi connectivity index (χ4n) is 4.13. The van der Waals surface area contributed by atoms with Gasteiger partial charge in [0, 0.05) is 37.6 Å². The highest BCUT2D eigenvalue weighted by Gasteiger charge is 2.42. The predicted molar refractivity (Wildman–Crippen MR) is 81.2 cm³/mol. The van der Waals surface area contributed by atoms with Crippen LogP contribution in [0, 0.1) is 11.8 Å². The molecule has 2 N–H and O–H groups in total. The highest BCUT2D eigenvalue weighted by Crippen LogP contribution is 2.40. The molecular formula is C16H28N4. The Bertz CT molecular complexity index is 453. The first-order valence-electron chi connectivity index (χ1n) is 8.10. The first-order chi connectivity index (χ1) is 9.64. The summed E-state index contributed by atoms with van der Waals surface area (Å²) in [6.45, 7) is 8.65. The predicted octanol–water partition coefficient (Wildman–Crippen LogP) is 2.24. The van der Waals surface area contributed by atoms with Crippen molar-refractivity contribution in [1.82, 2.24) is 14.5 Å². The third-order valence-electron chi connectivity index (χ3n) is 5.60. The van der Waals surface area contributed by atoms with Crippen molar-refractivity contribution in [2.24, 2.45) is 17.6 Å². The van der Waals surface area contributed by atoms with Gasteiger partial charge in [0.25, 0.3) is 0 Å². The van der Waals surface area contributed by atoms with Crippen LogP contribution in [-0.2, 0) is 13.1 Å². The number of aromatic nitrogens is 2. The lowest BCUT2D eigenvalue weighted by molar-refractivity contribution is 0.00567. The van der Waals surface area contributed by atoms with E-state index in [9.17, 15) is 0 Å². The van der Waals surface area contributed by atoms with Crippen molar-refractivity contribution in [2.75, 3.05) is 13.1 Å². The third kappa shape index (κ3) is 2.40. The molecule has 0 saturated heterocycles. The van der Waals surface area contributed by atoms with Crippen molar-refractivity contribution in [3.8, 4) is 0 Å². The van der Waals surface area contributed by atoms with E-state index in [1.165, 1.54) is 31.5 Å². The Hall–Kier alpha value is -0.870. The summed E-state index contributed by atoms with van der Waals surface area (Å²) in [5.74, 6) is 2.80. The molecule has 4 heteroatoms. The topological polar surface area (TPSA) is 47.1 Å². The minimum absolute atomic E-state index is 0.213. The average Bonchev–Trinajstić information content (AvgIpc) is 2.94. The molecule has 0 aromatic carbocycles. The number of nitrogens with zero attached hydrogens (tertiary/aromatic N) is 3. The van der Waals surface area contributed by atoms with E-state index in [0.717, 1.165) is 38.0 Å². The summed E-state index contributed by atoms with van der Waals surface area (Å²) in [5, 5.41) is 0. The number of nitrogens with two attached hydrogens (primary N) is 1. The van der Waals surface area contributed by atoms with Gasteiger partial charge in [0.05, 0.1) is 6.54 Å². The van der Waals surface area contributed by atoms with Crippen LogP contribution in [0.15, 0.2) is 12.4 Å². The van der Waals surface area contributed by atoms with E-state index in [0.29, 0.717) is 0 Å². The van der Waals surface area contributed by atoms with E-state index < -0.39 is 0 Å². The summed E-state index contributed by atoms with van der Waals surface area (Å²) in [6, 6.07) is 0. The molecule has 112 valence electrons. The second kappa shape index (κ2) is 5.49. The minimum atomic E-state index is 0.213. The first kappa shape index (κ1) is 14.1. The molecule has 20 heavy (non-hydrogen) atoms. The van der Waals surface area contributed by atoms with Gasteiger partial charge in [-0.2, -0.15) is 0 Å². The number of hydrogen-bond acceptors (Lipinski definition) is 3. The van der Waals surface area contributed by atoms with E-state index in [1.807, 2.05) is 6.20 Å². The van der Waals surface area contributed by atoms with Crippen LogP contribution in [0.3, 0.4) is 0 Å². The summed E-state index contributed by atoms with van der Waals surface area (Å²) >= 11 is 0. The quantitative estimate of drug-likeness (QED) is 0.921. The standard InChI is InChI=1S/C16H28N4/c1-13(2)14-4-3-5-16(10-14,12-17)20-9-8-19-7-6-18-15(19)11-20/h6-7,13-14H,3-5,8-12,17H2,1-2H3. The summed E-state index contributed by atoms with van der Waals surface area (Å²) < 4.78 is 2.28. The van der Waals surface area contributed by atoms with Gasteiger partial charge in [-0.15, -0.1) is 0 Å². The number of fused-ring (bicyclic) bond motifs is 1. The lowest BCUT2D eigenvalue weighted by atomic mass is 9.70. The van der Waals surface area contributed by atoms with Crippen LogP contribution in [0.1, 0.15) is 45.4 Å². The van der Waals surface area contributed by atoms with Gasteiger partial charge in [0.15, 0.2) is 0 Å². The van der Waals surface area contributed by atoms with Crippen molar-refractivity contribution in [3.05, 3.63) is 18.2 Å². The fraction of sp³-hybridized carbons (Fsp3) is 0.812. The van der Waals surface area contributed by atoms with Crippen molar-refractivity contribution < 1.29 is 0 Å². The maximum absolute atomic E-state index is 6.26. The minimum Gasteiger partial charge on any atom is -0.333 e. The van der Waals surface area contributed by atoms with E-state index in [2.05, 4.69) is 34.5 Å². The Balaban J connectivity index is 1.79. The molecule has 3 rings (SSSR count). The van der Waals surface area contributed by atoms with E-state index in [-0.39, 0.29) is 5.54 Å². The Labute approximate surface area is 122 Å². The molecule has 1 aromatic rings. The molecule has 2 unspecified atom stereocenters. The maximum Gasteiger partial charge on any atom is 0.122 e. The van der Waals surface area contributed by atoms with Crippen LogP contribution >= 0.6 is 0 Å². The summed E-state index contributed by atoms with van der Waals surface area (Å²) in [4.78, 5) is 7.13. The average molecular weight is 276 g/mol. The smallest absolute Gasteiger partial charge is 0.122 e. The second-order valence-electron chi connectivity index (χ2n) is 6.99. The van der Waals surface area contributed by atoms with Gasteiger partial charge in [-0.1, -0.05) is 26.7 Å². The van der Waals surface area contributed by atoms with Crippen molar-refractivity contribution in [3.63, 3.8) is 0 Å². The normalized spacial score (nSPS) is 31.5. The van der Waals surface area contributed by atoms with Crippen LogP contribution in [-0.4, -0.2) is 33.1 Å². The van der Waals surface area contributed by atoms with Crippen LogP contribution in [0.2, 0.25) is 0 Å². The third-order valence-corrected chi connectivity index (χ3v) is 5.60. The molecule has 1 aliphatic heterocycles. The van der Waals surface area contributed by atoms with Crippen LogP contribution in [0.25, 0.3) is 0 Å². The Morgan fingerprint density at radius 2 is 2.30 bits per heavy atom. The largest absolute Gasteiger partial charge is 0.333 e. The molecule has 1 saturated carbocycles. The molecule has 0 bridgehead atoms. The molecule has 0 amide bonds. The Kier molecular flexibility index (Phi) is 3.87. The monoisotopic (exact) mass is 276 g/mol. The molecule has 2 aliphatic rings. The molecule has 0 radical (unpaired) electrons. The lowest BCUT2D eigenvalue weighted by Gasteiger charge is -2.50. The van der Waals surface area contributed by atoms with Gasteiger partial charge in [-0.3, -0.25) is 4.90 Å². The highest BCUT2D eigenvalue weighted by molar-refractivity contribution is 5.03. The van der Waals surface area contributed by atoms with Crippen LogP contribution in [0.4, 0.5) is 0 Å². The Morgan fingerprint density at radius 3 is 3.05 bits per heavy atom. The molecule has 2 heterocycles. The zero-order valence-electron chi connectivity index (χ0n) is 12.9. The maximum atomic E-state index is 6.26. The number of rotatable bonds is 3. The van der Waals surface area contributed by atoms with Crippen molar-refractivity contribution >= 4 is 0 Å². The van der Waals surface area contributed by atoms with Crippen molar-refractivity contribution in [2.45, 2.75) is 58.2 Å². The molecule has 1 aromatic heterocycles. The summed E-state index contributed by atoms with van der Waals surface area (Å²) in [6.07, 6.45) is 9.24. The van der Waals surface area contributed by atoms with E-state index in [4.69, 9.17) is 5.73 Å². The molecule has 1 aliphatic carbocycles. The highest BCUT2D eigenvalue weighted by atomic mass is 15.3. The lowest BCUT2D eigenvalue weighted by Crippen LogP contribution is -2.58. The number of imidazole rings is 1. The van der Waals surface area contributed by atoms with Gasteiger partial charge < -0.3 is 10.3 Å². The van der Waals surface area contributed by atoms with Crippen LogP contribution in [0.5, 0.6) is 0 Å². The van der Waals surface area contributed by atoms with Gasteiger partial charge in [0.1, 0.15) is 5.82 Å². The number of hydrogen-bond donors (Lipinski definition) is 1. The molecular weight excluding hydrogens is 248 g/mol. The first-order valence-corrected chi connectivity index (χ1v) is 8.10. The van der Waals surface area contributed by atoms with Crippen LogP contribution < -0.4 is 5.73 Å². The summed E-state index contributed by atoms with van der Waals surface area (Å²) in [7, 11) is 0. The molecule has 0 spiro atoms. The fourth-order valence-corrected chi connectivity index (χ4v) is 4.13. The SMILES string of the molecule is CC(C)C1CCCC(CN)(N2CCn3ccnc3C2)C1. The van der Waals surface area contributed by atoms with Gasteiger partial charge in [-0.25, -0.2) is 4.98 Å².